The molecule has 0 bridgehead atoms. The predicted octanol–water partition coefficient (Wildman–Crippen LogP) is 2.88. The van der Waals surface area contributed by atoms with E-state index in [9.17, 15) is 4.89 Å². The van der Waals surface area contributed by atoms with Crippen molar-refractivity contribution < 1.29 is 13.5 Å². The van der Waals surface area contributed by atoms with E-state index in [2.05, 4.69) is 4.08 Å². The maximum absolute atomic E-state index is 10.2. The van der Waals surface area contributed by atoms with Crippen LogP contribution in [0.2, 0.25) is 0 Å². The SMILES string of the molecule is CC(C)N(C(C)C)[P+](O)(OCl)OCCC#N. The van der Waals surface area contributed by atoms with Crippen LogP contribution in [-0.4, -0.2) is 28.3 Å². The Kier molecular flexibility index (Phi) is 7.41. The fourth-order valence-corrected chi connectivity index (χ4v) is 3.59. The van der Waals surface area contributed by atoms with E-state index in [1.54, 1.807) is 4.67 Å². The van der Waals surface area contributed by atoms with E-state index in [0.717, 1.165) is 0 Å². The molecule has 0 aromatic carbocycles. The molecule has 0 saturated heterocycles. The molecule has 0 aliphatic rings. The summed E-state index contributed by atoms with van der Waals surface area (Å²) in [6.45, 7) is 7.75. The summed E-state index contributed by atoms with van der Waals surface area (Å²) in [6.07, 6.45) is 0.187. The molecule has 0 radical (unpaired) electrons. The van der Waals surface area contributed by atoms with Gasteiger partial charge in [0.05, 0.1) is 12.5 Å². The van der Waals surface area contributed by atoms with Crippen molar-refractivity contribution in [3.8, 4) is 6.07 Å². The van der Waals surface area contributed by atoms with Crippen molar-refractivity contribution in [1.29, 1.82) is 5.26 Å². The molecule has 0 saturated carbocycles. The molecule has 0 aromatic heterocycles. The Bertz CT molecular complexity index is 239. The van der Waals surface area contributed by atoms with Gasteiger partial charge in [0.1, 0.15) is 18.5 Å². The highest BCUT2D eigenvalue weighted by Gasteiger charge is 2.52. The van der Waals surface area contributed by atoms with Crippen LogP contribution in [0.3, 0.4) is 0 Å². The summed E-state index contributed by atoms with van der Waals surface area (Å²) >= 11 is 5.32. The minimum absolute atomic E-state index is 0.0270. The molecule has 0 aliphatic heterocycles. The van der Waals surface area contributed by atoms with E-state index in [1.807, 2.05) is 33.8 Å². The smallest absolute Gasteiger partial charge is 0.198 e. The van der Waals surface area contributed by atoms with E-state index in [1.165, 1.54) is 0 Å². The fourth-order valence-electron chi connectivity index (χ4n) is 1.51. The Morgan fingerprint density at radius 3 is 2.19 bits per heavy atom. The van der Waals surface area contributed by atoms with Gasteiger partial charge < -0.3 is 0 Å². The molecule has 5 nitrogen and oxygen atoms in total. The first-order valence-corrected chi connectivity index (χ1v) is 6.95. The molecule has 7 heteroatoms. The summed E-state index contributed by atoms with van der Waals surface area (Å²) in [6, 6.07) is 1.98. The highest BCUT2D eigenvalue weighted by molar-refractivity contribution is 7.59. The second-order valence-corrected chi connectivity index (χ2v) is 6.12. The number of hydrogen-bond donors (Lipinski definition) is 1. The number of rotatable bonds is 7. The first-order chi connectivity index (χ1) is 7.39. The van der Waals surface area contributed by atoms with Crippen LogP contribution in [0.5, 0.6) is 0 Å². The molecule has 0 fully saturated rings. The first kappa shape index (κ1) is 16.1. The lowest BCUT2D eigenvalue weighted by Gasteiger charge is -2.30. The molecule has 0 spiro atoms. The van der Waals surface area contributed by atoms with Crippen LogP contribution in [0.15, 0.2) is 0 Å². The summed E-state index contributed by atoms with van der Waals surface area (Å²) in [5.41, 5.74) is 0. The topological polar surface area (TPSA) is 65.7 Å². The van der Waals surface area contributed by atoms with Gasteiger partial charge in [-0.3, -0.25) is 0 Å². The first-order valence-electron chi connectivity index (χ1n) is 5.11. The number of halogens is 1. The molecule has 16 heavy (non-hydrogen) atoms. The van der Waals surface area contributed by atoms with Gasteiger partial charge >= 0.3 is 8.09 Å². The molecule has 0 aliphatic carbocycles. The van der Waals surface area contributed by atoms with Crippen LogP contribution in [0.1, 0.15) is 34.1 Å². The fraction of sp³-hybridized carbons (Fsp3) is 0.889. The summed E-state index contributed by atoms with van der Waals surface area (Å²) in [5.74, 6) is 0. The Labute approximate surface area is 103 Å². The van der Waals surface area contributed by atoms with E-state index >= 15 is 0 Å². The van der Waals surface area contributed by atoms with Crippen LogP contribution in [0.4, 0.5) is 0 Å². The van der Waals surface area contributed by atoms with E-state index in [-0.39, 0.29) is 25.1 Å². The van der Waals surface area contributed by atoms with Gasteiger partial charge in [-0.05, 0) is 31.8 Å². The third-order valence-electron chi connectivity index (χ3n) is 1.91. The van der Waals surface area contributed by atoms with Gasteiger partial charge in [0.25, 0.3) is 0 Å². The summed E-state index contributed by atoms with van der Waals surface area (Å²) in [4.78, 5) is 10.2. The van der Waals surface area contributed by atoms with Crippen molar-refractivity contribution in [2.45, 2.75) is 46.2 Å². The summed E-state index contributed by atoms with van der Waals surface area (Å²) in [5, 5.41) is 8.41. The normalized spacial score (nSPS) is 15.5. The second-order valence-electron chi connectivity index (χ2n) is 3.87. The van der Waals surface area contributed by atoms with E-state index in [4.69, 9.17) is 21.7 Å². The van der Waals surface area contributed by atoms with Crippen molar-refractivity contribution in [1.82, 2.24) is 4.67 Å². The van der Waals surface area contributed by atoms with Gasteiger partial charge in [0.15, 0.2) is 0 Å². The van der Waals surface area contributed by atoms with Crippen LogP contribution in [0.25, 0.3) is 0 Å². The molecule has 94 valence electrons. The van der Waals surface area contributed by atoms with Crippen molar-refractivity contribution in [3.63, 3.8) is 0 Å². The molecular formula is C9H19ClN2O3P+. The van der Waals surface area contributed by atoms with E-state index < -0.39 is 8.09 Å². The minimum Gasteiger partial charge on any atom is -0.198 e. The zero-order valence-corrected chi connectivity index (χ0v) is 11.7. The maximum Gasteiger partial charge on any atom is 0.520 e. The Balaban J connectivity index is 4.68. The molecule has 1 atom stereocenters. The van der Waals surface area contributed by atoms with Gasteiger partial charge in [-0.15, -0.1) is 0 Å². The summed E-state index contributed by atoms with van der Waals surface area (Å²) in [7, 11) is -3.25. The van der Waals surface area contributed by atoms with Crippen LogP contribution >= 0.6 is 20.0 Å². The lowest BCUT2D eigenvalue weighted by atomic mass is 10.3. The number of hydrogen-bond acceptors (Lipinski definition) is 5. The number of nitriles is 1. The van der Waals surface area contributed by atoms with Crippen LogP contribution < -0.4 is 0 Å². The number of nitrogens with zero attached hydrogens (tertiary/aromatic N) is 2. The van der Waals surface area contributed by atoms with Crippen LogP contribution in [0, 0.1) is 11.3 Å². The molecule has 0 heterocycles. The van der Waals surface area contributed by atoms with Crippen molar-refractivity contribution in [2.24, 2.45) is 0 Å². The highest BCUT2D eigenvalue weighted by atomic mass is 35.5. The second kappa shape index (κ2) is 7.39. The van der Waals surface area contributed by atoms with Gasteiger partial charge in [0.2, 0.25) is 0 Å². The monoisotopic (exact) mass is 269 g/mol. The Hall–Kier alpha value is 0.0500. The van der Waals surface area contributed by atoms with Crippen molar-refractivity contribution in [2.75, 3.05) is 6.61 Å². The standard InChI is InChI=1S/C9H19ClN2O3P/c1-8(2)12(9(3)4)16(13,15-10)14-7-5-6-11/h8-9,13H,5,7H2,1-4H3/q+1. The molecular weight excluding hydrogens is 251 g/mol. The molecule has 0 aromatic rings. The third-order valence-corrected chi connectivity index (χ3v) is 4.66. The molecule has 0 rings (SSSR count). The van der Waals surface area contributed by atoms with Gasteiger partial charge in [0, 0.05) is 12.1 Å². The molecule has 1 unspecified atom stereocenters. The lowest BCUT2D eigenvalue weighted by molar-refractivity contribution is 0.148. The highest BCUT2D eigenvalue weighted by Crippen LogP contribution is 2.63. The Morgan fingerprint density at radius 1 is 1.38 bits per heavy atom. The zero-order chi connectivity index (χ0) is 12.8. The van der Waals surface area contributed by atoms with Crippen molar-refractivity contribution >= 4 is 20.0 Å². The van der Waals surface area contributed by atoms with Crippen LogP contribution in [-0.2, 0) is 8.60 Å². The molecule has 0 amide bonds. The quantitative estimate of drug-likeness (QED) is 0.569. The van der Waals surface area contributed by atoms with E-state index in [0.29, 0.717) is 0 Å². The zero-order valence-electron chi connectivity index (χ0n) is 10.1. The lowest BCUT2D eigenvalue weighted by Crippen LogP contribution is -2.37. The minimum atomic E-state index is -3.25. The average Bonchev–Trinajstić information content (AvgIpc) is 2.17. The summed E-state index contributed by atoms with van der Waals surface area (Å²) < 4.78 is 11.5. The van der Waals surface area contributed by atoms with Gasteiger partial charge in [-0.1, -0.05) is 4.67 Å². The van der Waals surface area contributed by atoms with Gasteiger partial charge in [-0.25, -0.2) is 0 Å². The van der Waals surface area contributed by atoms with Crippen molar-refractivity contribution in [3.05, 3.63) is 0 Å². The average molecular weight is 270 g/mol. The third kappa shape index (κ3) is 4.50. The largest absolute Gasteiger partial charge is 0.520 e. The maximum atomic E-state index is 10.2. The van der Waals surface area contributed by atoms with Gasteiger partial charge in [-0.2, -0.15) is 14.7 Å². The molecule has 1 N–H and O–H groups in total. The predicted molar refractivity (Wildman–Crippen MR) is 64.4 cm³/mol. The Morgan fingerprint density at radius 2 is 1.88 bits per heavy atom.